The van der Waals surface area contributed by atoms with Gasteiger partial charge in [0.25, 0.3) is 5.91 Å². The van der Waals surface area contributed by atoms with Gasteiger partial charge in [-0.1, -0.05) is 34.1 Å². The van der Waals surface area contributed by atoms with E-state index in [2.05, 4.69) is 22.5 Å². The van der Waals surface area contributed by atoms with Crippen LogP contribution >= 0.6 is 27.3 Å². The van der Waals surface area contributed by atoms with Gasteiger partial charge in [-0.15, -0.1) is 17.9 Å². The SMILES string of the molecule is C=CCN(CC(=O)N1CCc2sccc2C1c1ccc(F)cc1)C(=O)c1ccc(Br)cc1. The van der Waals surface area contributed by atoms with Crippen LogP contribution in [0.4, 0.5) is 4.39 Å². The number of thiophene rings is 1. The first kappa shape index (κ1) is 22.4. The lowest BCUT2D eigenvalue weighted by Crippen LogP contribution is -2.46. The third kappa shape index (κ3) is 4.69. The lowest BCUT2D eigenvalue weighted by Gasteiger charge is -2.37. The van der Waals surface area contributed by atoms with Gasteiger partial charge < -0.3 is 9.80 Å². The first-order chi connectivity index (χ1) is 15.5. The fourth-order valence-electron chi connectivity index (χ4n) is 3.99. The summed E-state index contributed by atoms with van der Waals surface area (Å²) in [7, 11) is 0. The average Bonchev–Trinajstić information content (AvgIpc) is 3.28. The van der Waals surface area contributed by atoms with E-state index in [0.29, 0.717) is 12.1 Å². The lowest BCUT2D eigenvalue weighted by molar-refractivity contribution is -0.133. The summed E-state index contributed by atoms with van der Waals surface area (Å²) < 4.78 is 14.4. The van der Waals surface area contributed by atoms with E-state index in [4.69, 9.17) is 0 Å². The normalized spacial score (nSPS) is 15.2. The monoisotopic (exact) mass is 512 g/mol. The van der Waals surface area contributed by atoms with E-state index in [1.165, 1.54) is 21.9 Å². The lowest BCUT2D eigenvalue weighted by atomic mass is 9.93. The van der Waals surface area contributed by atoms with Crippen molar-refractivity contribution in [3.8, 4) is 0 Å². The highest BCUT2D eigenvalue weighted by Crippen LogP contribution is 2.38. The van der Waals surface area contributed by atoms with Crippen LogP contribution in [0, 0.1) is 5.82 Å². The minimum absolute atomic E-state index is 0.0575. The third-order valence-electron chi connectivity index (χ3n) is 5.53. The Kier molecular flexibility index (Phi) is 6.86. The molecule has 164 valence electrons. The molecule has 1 atom stereocenters. The number of nitrogens with zero attached hydrogens (tertiary/aromatic N) is 2. The van der Waals surface area contributed by atoms with Gasteiger partial charge in [0, 0.05) is 28.0 Å². The minimum Gasteiger partial charge on any atom is -0.330 e. The number of fused-ring (bicyclic) bond motifs is 1. The Balaban J connectivity index is 1.60. The molecule has 1 aromatic heterocycles. The topological polar surface area (TPSA) is 40.6 Å². The quantitative estimate of drug-likeness (QED) is 0.412. The maximum Gasteiger partial charge on any atom is 0.254 e. The average molecular weight is 513 g/mol. The molecule has 4 nitrogen and oxygen atoms in total. The molecule has 7 heteroatoms. The van der Waals surface area contributed by atoms with Crippen molar-refractivity contribution in [3.63, 3.8) is 0 Å². The third-order valence-corrected chi connectivity index (χ3v) is 7.05. The van der Waals surface area contributed by atoms with Gasteiger partial charge in [-0.25, -0.2) is 4.39 Å². The molecule has 0 N–H and O–H groups in total. The smallest absolute Gasteiger partial charge is 0.254 e. The molecule has 0 saturated carbocycles. The Labute approximate surface area is 199 Å². The van der Waals surface area contributed by atoms with Gasteiger partial charge >= 0.3 is 0 Å². The van der Waals surface area contributed by atoms with E-state index in [9.17, 15) is 14.0 Å². The highest BCUT2D eigenvalue weighted by molar-refractivity contribution is 9.10. The molecule has 0 fully saturated rings. The summed E-state index contributed by atoms with van der Waals surface area (Å²) in [5, 5.41) is 2.02. The van der Waals surface area contributed by atoms with Crippen molar-refractivity contribution in [2.75, 3.05) is 19.6 Å². The summed E-state index contributed by atoms with van der Waals surface area (Å²) in [6.07, 6.45) is 2.38. The largest absolute Gasteiger partial charge is 0.330 e. The van der Waals surface area contributed by atoms with Gasteiger partial charge in [0.1, 0.15) is 12.4 Å². The number of benzene rings is 2. The number of hydrogen-bond acceptors (Lipinski definition) is 3. The van der Waals surface area contributed by atoms with Gasteiger partial charge in [0.05, 0.1) is 6.04 Å². The zero-order valence-electron chi connectivity index (χ0n) is 17.3. The van der Waals surface area contributed by atoms with Crippen LogP contribution in [0.3, 0.4) is 0 Å². The molecule has 1 unspecified atom stereocenters. The van der Waals surface area contributed by atoms with E-state index < -0.39 is 0 Å². The zero-order valence-corrected chi connectivity index (χ0v) is 19.7. The number of hydrogen-bond donors (Lipinski definition) is 0. The van der Waals surface area contributed by atoms with Crippen molar-refractivity contribution in [1.29, 1.82) is 0 Å². The van der Waals surface area contributed by atoms with Crippen LogP contribution < -0.4 is 0 Å². The summed E-state index contributed by atoms with van der Waals surface area (Å²) >= 11 is 5.05. The summed E-state index contributed by atoms with van der Waals surface area (Å²) in [5.74, 6) is -0.689. The van der Waals surface area contributed by atoms with Gasteiger partial charge in [-0.05, 0) is 65.4 Å². The van der Waals surface area contributed by atoms with E-state index in [1.54, 1.807) is 58.7 Å². The Bertz CT molecular complexity index is 1130. The molecule has 2 heterocycles. The minimum atomic E-state index is -0.315. The van der Waals surface area contributed by atoms with Crippen LogP contribution in [-0.4, -0.2) is 41.2 Å². The van der Waals surface area contributed by atoms with Crippen LogP contribution in [-0.2, 0) is 11.2 Å². The number of rotatable bonds is 6. The number of carbonyl (C=O) groups excluding carboxylic acids is 2. The predicted octanol–water partition coefficient (Wildman–Crippen LogP) is 5.45. The Morgan fingerprint density at radius 1 is 1.16 bits per heavy atom. The maximum absolute atomic E-state index is 13.5. The fraction of sp³-hybridized carbons (Fsp3) is 0.200. The second-order valence-electron chi connectivity index (χ2n) is 7.57. The van der Waals surface area contributed by atoms with Crippen LogP contribution in [0.1, 0.15) is 32.4 Å². The van der Waals surface area contributed by atoms with E-state index in [-0.39, 0.29) is 36.8 Å². The van der Waals surface area contributed by atoms with Gasteiger partial charge in [0.15, 0.2) is 0 Å². The second kappa shape index (κ2) is 9.79. The molecule has 1 aliphatic rings. The van der Waals surface area contributed by atoms with Gasteiger partial charge in [0.2, 0.25) is 5.91 Å². The summed E-state index contributed by atoms with van der Waals surface area (Å²) in [5.41, 5.74) is 2.43. The molecule has 0 aliphatic carbocycles. The van der Waals surface area contributed by atoms with Gasteiger partial charge in [-0.3, -0.25) is 9.59 Å². The Morgan fingerprint density at radius 3 is 2.56 bits per heavy atom. The van der Waals surface area contributed by atoms with Crippen LogP contribution in [0.5, 0.6) is 0 Å². The second-order valence-corrected chi connectivity index (χ2v) is 9.49. The van der Waals surface area contributed by atoms with Gasteiger partial charge in [-0.2, -0.15) is 0 Å². The molecular formula is C25H22BrFN2O2S. The van der Waals surface area contributed by atoms with Crippen LogP contribution in [0.15, 0.2) is 77.1 Å². The molecule has 3 aromatic rings. The van der Waals surface area contributed by atoms with Crippen LogP contribution in [0.25, 0.3) is 0 Å². The molecule has 0 radical (unpaired) electrons. The van der Waals surface area contributed by atoms with Crippen molar-refractivity contribution in [3.05, 3.63) is 104 Å². The molecule has 2 amide bonds. The number of amides is 2. The van der Waals surface area contributed by atoms with Crippen molar-refractivity contribution in [1.82, 2.24) is 9.80 Å². The van der Waals surface area contributed by atoms with E-state index in [0.717, 1.165) is 22.0 Å². The summed E-state index contributed by atoms with van der Waals surface area (Å²) in [4.78, 5) is 31.1. The molecule has 32 heavy (non-hydrogen) atoms. The highest BCUT2D eigenvalue weighted by Gasteiger charge is 2.34. The van der Waals surface area contributed by atoms with Crippen molar-refractivity contribution in [2.45, 2.75) is 12.5 Å². The van der Waals surface area contributed by atoms with Crippen LogP contribution in [0.2, 0.25) is 0 Å². The standard InChI is InChI=1S/C25H22BrFN2O2S/c1-2-13-28(25(31)18-3-7-19(26)8-4-18)16-23(30)29-14-11-22-21(12-15-32-22)24(29)17-5-9-20(27)10-6-17/h2-10,12,15,24H,1,11,13-14,16H2. The highest BCUT2D eigenvalue weighted by atomic mass is 79.9. The molecule has 4 rings (SSSR count). The first-order valence-electron chi connectivity index (χ1n) is 10.2. The summed E-state index contributed by atoms with van der Waals surface area (Å²) in [6.45, 7) is 4.49. The first-order valence-corrected chi connectivity index (χ1v) is 11.9. The maximum atomic E-state index is 13.5. The van der Waals surface area contributed by atoms with Crippen molar-refractivity contribution in [2.24, 2.45) is 0 Å². The summed E-state index contributed by atoms with van der Waals surface area (Å²) in [6, 6.07) is 15.1. The Hall–Kier alpha value is -2.77. The number of carbonyl (C=O) groups is 2. The Morgan fingerprint density at radius 2 is 1.88 bits per heavy atom. The zero-order chi connectivity index (χ0) is 22.7. The molecule has 0 bridgehead atoms. The number of halogens is 2. The molecule has 0 saturated heterocycles. The van der Waals surface area contributed by atoms with Crippen molar-refractivity contribution < 1.29 is 14.0 Å². The molecule has 0 spiro atoms. The molecule has 1 aliphatic heterocycles. The molecule has 2 aromatic carbocycles. The van der Waals surface area contributed by atoms with E-state index in [1.807, 2.05) is 11.4 Å². The molecular weight excluding hydrogens is 491 g/mol. The van der Waals surface area contributed by atoms with E-state index >= 15 is 0 Å². The van der Waals surface area contributed by atoms with Crippen molar-refractivity contribution >= 4 is 39.1 Å². The predicted molar refractivity (Wildman–Crippen MR) is 128 cm³/mol. The fourth-order valence-corrected chi connectivity index (χ4v) is 5.16.